The molecule has 1 atom stereocenters. The lowest BCUT2D eigenvalue weighted by molar-refractivity contribution is -0.929. The predicted octanol–water partition coefficient (Wildman–Crippen LogP) is 0.601. The lowest BCUT2D eigenvalue weighted by Gasteiger charge is -2.24. The second kappa shape index (κ2) is 5.30. The van der Waals surface area contributed by atoms with Gasteiger partial charge in [0.2, 0.25) is 4.96 Å². The van der Waals surface area contributed by atoms with Crippen LogP contribution >= 0.6 is 11.3 Å². The van der Waals surface area contributed by atoms with Crippen molar-refractivity contribution < 1.29 is 4.90 Å². The quantitative estimate of drug-likeness (QED) is 0.754. The molecule has 1 aromatic carbocycles. The van der Waals surface area contributed by atoms with Crippen LogP contribution in [0.3, 0.4) is 0 Å². The number of hydrogen-bond acceptors (Lipinski definition) is 4. The topological polar surface area (TPSA) is 51.7 Å². The van der Waals surface area contributed by atoms with Gasteiger partial charge in [-0.1, -0.05) is 35.6 Å². The SMILES string of the molecule is Cc1cc(=O)n2nc(C[NH+]3CCc4ccccc4C3)sc2n1. The van der Waals surface area contributed by atoms with Gasteiger partial charge in [-0.15, -0.1) is 0 Å². The first kappa shape index (κ1) is 13.6. The Kier molecular flexibility index (Phi) is 3.28. The molecule has 22 heavy (non-hydrogen) atoms. The van der Waals surface area contributed by atoms with Crippen LogP contribution in [0.5, 0.6) is 0 Å². The summed E-state index contributed by atoms with van der Waals surface area (Å²) in [4.78, 5) is 18.5. The Morgan fingerprint density at radius 1 is 1.32 bits per heavy atom. The van der Waals surface area contributed by atoms with Crippen molar-refractivity contribution in [1.82, 2.24) is 14.6 Å². The van der Waals surface area contributed by atoms with Gasteiger partial charge < -0.3 is 4.90 Å². The first-order valence-corrected chi connectivity index (χ1v) is 8.27. The first-order valence-electron chi connectivity index (χ1n) is 7.46. The Balaban J connectivity index is 1.60. The van der Waals surface area contributed by atoms with Crippen molar-refractivity contribution in [2.24, 2.45) is 0 Å². The summed E-state index contributed by atoms with van der Waals surface area (Å²) in [5.41, 5.74) is 3.54. The van der Waals surface area contributed by atoms with Gasteiger partial charge in [0, 0.05) is 23.7 Å². The summed E-state index contributed by atoms with van der Waals surface area (Å²) in [7, 11) is 0. The molecule has 1 N–H and O–H groups in total. The van der Waals surface area contributed by atoms with Gasteiger partial charge in [0.1, 0.15) is 13.1 Å². The van der Waals surface area contributed by atoms with E-state index in [-0.39, 0.29) is 5.56 Å². The standard InChI is InChI=1S/C16H16N4OS/c1-11-8-15(21)20-16(17-11)22-14(18-20)10-19-7-6-12-4-2-3-5-13(12)9-19/h2-5,8H,6-7,9-10H2,1H3/p+1. The Bertz CT molecular complexity index is 899. The highest BCUT2D eigenvalue weighted by Gasteiger charge is 2.21. The van der Waals surface area contributed by atoms with E-state index in [1.54, 1.807) is 0 Å². The summed E-state index contributed by atoms with van der Waals surface area (Å²) in [5, 5.41) is 5.42. The molecule has 6 heteroatoms. The number of nitrogens with one attached hydrogen (secondary N) is 1. The zero-order valence-electron chi connectivity index (χ0n) is 12.4. The van der Waals surface area contributed by atoms with E-state index < -0.39 is 0 Å². The molecule has 3 aromatic rings. The predicted molar refractivity (Wildman–Crippen MR) is 85.3 cm³/mol. The molecule has 0 saturated carbocycles. The van der Waals surface area contributed by atoms with E-state index in [1.807, 2.05) is 6.92 Å². The highest BCUT2D eigenvalue weighted by Crippen LogP contribution is 2.13. The molecule has 1 aliphatic heterocycles. The fraction of sp³-hybridized carbons (Fsp3) is 0.312. The molecule has 2 aromatic heterocycles. The van der Waals surface area contributed by atoms with E-state index in [1.165, 1.54) is 37.9 Å². The van der Waals surface area contributed by atoms with E-state index in [0.717, 1.165) is 36.8 Å². The Hall–Kier alpha value is -2.05. The summed E-state index contributed by atoms with van der Waals surface area (Å²) in [6.45, 7) is 4.82. The maximum atomic E-state index is 11.9. The van der Waals surface area contributed by atoms with Crippen molar-refractivity contribution in [3.8, 4) is 0 Å². The van der Waals surface area contributed by atoms with Crippen LogP contribution < -0.4 is 10.5 Å². The molecule has 0 amide bonds. The number of aryl methyl sites for hydroxylation is 1. The van der Waals surface area contributed by atoms with Gasteiger partial charge in [0.05, 0.1) is 6.54 Å². The van der Waals surface area contributed by atoms with Crippen LogP contribution in [-0.4, -0.2) is 21.1 Å². The normalized spacial score (nSPS) is 17.6. The molecule has 1 aliphatic rings. The average molecular weight is 313 g/mol. The lowest BCUT2D eigenvalue weighted by atomic mass is 10.0. The third-order valence-electron chi connectivity index (χ3n) is 4.12. The van der Waals surface area contributed by atoms with Crippen LogP contribution in [0, 0.1) is 6.92 Å². The zero-order chi connectivity index (χ0) is 15.1. The van der Waals surface area contributed by atoms with E-state index >= 15 is 0 Å². The number of fused-ring (bicyclic) bond motifs is 2. The fourth-order valence-electron chi connectivity index (χ4n) is 3.04. The molecule has 0 spiro atoms. The summed E-state index contributed by atoms with van der Waals surface area (Å²) in [6.07, 6.45) is 1.10. The Morgan fingerprint density at radius 2 is 2.14 bits per heavy atom. The van der Waals surface area contributed by atoms with E-state index in [4.69, 9.17) is 0 Å². The van der Waals surface area contributed by atoms with E-state index in [0.29, 0.717) is 4.96 Å². The van der Waals surface area contributed by atoms with Crippen molar-refractivity contribution in [3.63, 3.8) is 0 Å². The number of nitrogens with zero attached hydrogens (tertiary/aromatic N) is 3. The monoisotopic (exact) mass is 313 g/mol. The Labute approximate surface area is 131 Å². The molecule has 0 saturated heterocycles. The molecule has 4 rings (SSSR count). The summed E-state index contributed by atoms with van der Waals surface area (Å²) < 4.78 is 1.42. The number of aromatic nitrogens is 3. The van der Waals surface area contributed by atoms with Gasteiger partial charge >= 0.3 is 0 Å². The molecule has 3 heterocycles. The first-order chi connectivity index (χ1) is 10.7. The van der Waals surface area contributed by atoms with Gasteiger partial charge in [0.25, 0.3) is 5.56 Å². The van der Waals surface area contributed by atoms with Crippen LogP contribution in [0.1, 0.15) is 21.8 Å². The van der Waals surface area contributed by atoms with Gasteiger partial charge in [0.15, 0.2) is 5.01 Å². The summed E-state index contributed by atoms with van der Waals surface area (Å²) >= 11 is 1.52. The van der Waals surface area contributed by atoms with Crippen molar-refractivity contribution >= 4 is 16.3 Å². The van der Waals surface area contributed by atoms with Crippen LogP contribution in [-0.2, 0) is 19.5 Å². The summed E-state index contributed by atoms with van der Waals surface area (Å²) in [5.74, 6) is 0. The number of quaternary nitrogens is 1. The highest BCUT2D eigenvalue weighted by molar-refractivity contribution is 7.16. The van der Waals surface area contributed by atoms with E-state index in [2.05, 4.69) is 34.3 Å². The van der Waals surface area contributed by atoms with Gasteiger partial charge in [-0.25, -0.2) is 4.98 Å². The second-order valence-corrected chi connectivity index (χ2v) is 6.84. The highest BCUT2D eigenvalue weighted by atomic mass is 32.1. The number of hydrogen-bond donors (Lipinski definition) is 1. The van der Waals surface area contributed by atoms with Gasteiger partial charge in [-0.05, 0) is 12.5 Å². The van der Waals surface area contributed by atoms with Crippen LogP contribution in [0.25, 0.3) is 4.96 Å². The maximum absolute atomic E-state index is 11.9. The average Bonchev–Trinajstić information content (AvgIpc) is 2.90. The summed E-state index contributed by atoms with van der Waals surface area (Å²) in [6, 6.07) is 10.2. The molecular formula is C16H17N4OS+. The largest absolute Gasteiger partial charge is 0.325 e. The Morgan fingerprint density at radius 3 is 3.00 bits per heavy atom. The van der Waals surface area contributed by atoms with Gasteiger partial charge in [-0.2, -0.15) is 9.61 Å². The lowest BCUT2D eigenvalue weighted by Crippen LogP contribution is -3.10. The van der Waals surface area contributed by atoms with Crippen molar-refractivity contribution in [2.75, 3.05) is 6.54 Å². The molecule has 0 radical (unpaired) electrons. The van der Waals surface area contributed by atoms with Gasteiger partial charge in [-0.3, -0.25) is 4.79 Å². The van der Waals surface area contributed by atoms with Crippen molar-refractivity contribution in [3.05, 3.63) is 62.5 Å². The second-order valence-electron chi connectivity index (χ2n) is 5.80. The van der Waals surface area contributed by atoms with Crippen molar-refractivity contribution in [1.29, 1.82) is 0 Å². The number of benzene rings is 1. The zero-order valence-corrected chi connectivity index (χ0v) is 13.2. The van der Waals surface area contributed by atoms with Crippen LogP contribution in [0.2, 0.25) is 0 Å². The molecule has 1 unspecified atom stereocenters. The minimum absolute atomic E-state index is 0.0935. The molecule has 0 fully saturated rings. The molecular weight excluding hydrogens is 296 g/mol. The smallest absolute Gasteiger partial charge is 0.275 e. The molecule has 5 nitrogen and oxygen atoms in total. The fourth-order valence-corrected chi connectivity index (χ4v) is 4.06. The molecule has 112 valence electrons. The van der Waals surface area contributed by atoms with E-state index in [9.17, 15) is 4.79 Å². The number of rotatable bonds is 2. The van der Waals surface area contributed by atoms with Crippen LogP contribution in [0.15, 0.2) is 35.1 Å². The van der Waals surface area contributed by atoms with Crippen molar-refractivity contribution in [2.45, 2.75) is 26.4 Å². The minimum Gasteiger partial charge on any atom is -0.325 e. The minimum atomic E-state index is -0.0935. The maximum Gasteiger partial charge on any atom is 0.275 e. The van der Waals surface area contributed by atoms with Crippen LogP contribution in [0.4, 0.5) is 0 Å². The third-order valence-corrected chi connectivity index (χ3v) is 5.03. The molecule has 0 aliphatic carbocycles. The third kappa shape index (κ3) is 2.44. The molecule has 0 bridgehead atoms.